The molecule has 0 radical (unpaired) electrons. The molecule has 0 aliphatic carbocycles. The van der Waals surface area contributed by atoms with E-state index in [4.69, 9.17) is 4.74 Å². The Kier molecular flexibility index (Phi) is 6.14. The lowest BCUT2D eigenvalue weighted by Crippen LogP contribution is -2.45. The zero-order chi connectivity index (χ0) is 24.5. The van der Waals surface area contributed by atoms with Gasteiger partial charge in [0.1, 0.15) is 23.4 Å². The van der Waals surface area contributed by atoms with Crippen molar-refractivity contribution in [2.75, 3.05) is 0 Å². The Morgan fingerprint density at radius 3 is 2.50 bits per heavy atom. The van der Waals surface area contributed by atoms with Crippen molar-refractivity contribution >= 4 is 16.8 Å². The molecular weight excluding hydrogens is 454 g/mol. The Hall–Kier alpha value is -4.08. The van der Waals surface area contributed by atoms with Crippen molar-refractivity contribution in [3.05, 3.63) is 84.3 Å². The van der Waals surface area contributed by atoms with Crippen LogP contribution in [0.2, 0.25) is 0 Å². The van der Waals surface area contributed by atoms with Crippen molar-refractivity contribution in [3.63, 3.8) is 0 Å². The Bertz CT molecular complexity index is 1320. The molecular formula is C24H19F4N3O3. The summed E-state index contributed by atoms with van der Waals surface area (Å²) in [6.45, 7) is 1.38. The minimum Gasteiger partial charge on any atom is -0.508 e. The fourth-order valence-electron chi connectivity index (χ4n) is 3.54. The number of hydrogen-bond acceptors (Lipinski definition) is 4. The number of amides is 1. The van der Waals surface area contributed by atoms with Crippen LogP contribution in [0.25, 0.3) is 16.6 Å². The SMILES string of the molecule is C[C@H](NC(=O)C(F)(F)F)[C@H](Oc1ccc2c(cnn2-c2ccc(F)cc2)c1)c1cccc(O)c1. The number of halogens is 4. The van der Waals surface area contributed by atoms with Crippen molar-refractivity contribution in [2.24, 2.45) is 0 Å². The van der Waals surface area contributed by atoms with Crippen LogP contribution in [0.15, 0.2) is 72.9 Å². The van der Waals surface area contributed by atoms with E-state index >= 15 is 0 Å². The number of fused-ring (bicyclic) bond motifs is 1. The van der Waals surface area contributed by atoms with Gasteiger partial charge in [-0.2, -0.15) is 18.3 Å². The van der Waals surface area contributed by atoms with Crippen LogP contribution in [-0.4, -0.2) is 33.0 Å². The second kappa shape index (κ2) is 9.05. The summed E-state index contributed by atoms with van der Waals surface area (Å²) in [5.74, 6) is -2.26. The lowest BCUT2D eigenvalue weighted by molar-refractivity contribution is -0.174. The van der Waals surface area contributed by atoms with Crippen LogP contribution in [0.1, 0.15) is 18.6 Å². The first-order valence-electron chi connectivity index (χ1n) is 10.2. The Labute approximate surface area is 191 Å². The lowest BCUT2D eigenvalue weighted by atomic mass is 10.0. The number of rotatable bonds is 6. The van der Waals surface area contributed by atoms with E-state index in [0.29, 0.717) is 27.9 Å². The highest BCUT2D eigenvalue weighted by Crippen LogP contribution is 2.30. The van der Waals surface area contributed by atoms with Gasteiger partial charge in [0.2, 0.25) is 0 Å². The number of nitrogens with one attached hydrogen (secondary N) is 1. The predicted octanol–water partition coefficient (Wildman–Crippen LogP) is 5.06. The molecule has 1 heterocycles. The van der Waals surface area contributed by atoms with E-state index in [0.717, 1.165) is 0 Å². The maximum atomic E-state index is 13.2. The first-order chi connectivity index (χ1) is 16.1. The second-order valence-electron chi connectivity index (χ2n) is 7.65. The number of aromatic nitrogens is 2. The zero-order valence-corrected chi connectivity index (χ0v) is 17.8. The molecule has 0 spiro atoms. The van der Waals surface area contributed by atoms with Gasteiger partial charge < -0.3 is 15.2 Å². The first-order valence-corrected chi connectivity index (χ1v) is 10.2. The van der Waals surface area contributed by atoms with Crippen LogP contribution in [0.3, 0.4) is 0 Å². The van der Waals surface area contributed by atoms with Crippen LogP contribution in [0, 0.1) is 5.82 Å². The average Bonchev–Trinajstić information content (AvgIpc) is 3.20. The summed E-state index contributed by atoms with van der Waals surface area (Å²) in [5.41, 5.74) is 1.72. The summed E-state index contributed by atoms with van der Waals surface area (Å²) in [6, 6.07) is 15.5. The summed E-state index contributed by atoms with van der Waals surface area (Å²) in [7, 11) is 0. The molecule has 2 atom stereocenters. The number of benzene rings is 3. The predicted molar refractivity (Wildman–Crippen MR) is 116 cm³/mol. The van der Waals surface area contributed by atoms with Gasteiger partial charge in [0, 0.05) is 5.39 Å². The fraction of sp³-hybridized carbons (Fsp3) is 0.167. The van der Waals surface area contributed by atoms with Crippen molar-refractivity contribution in [3.8, 4) is 17.2 Å². The summed E-state index contributed by atoms with van der Waals surface area (Å²) in [5, 5.41) is 16.7. The number of hydrogen-bond donors (Lipinski definition) is 2. The summed E-state index contributed by atoms with van der Waals surface area (Å²) >= 11 is 0. The lowest BCUT2D eigenvalue weighted by Gasteiger charge is -2.27. The zero-order valence-electron chi connectivity index (χ0n) is 17.8. The maximum absolute atomic E-state index is 13.2. The quantitative estimate of drug-likeness (QED) is 0.384. The van der Waals surface area contributed by atoms with Crippen LogP contribution in [0.4, 0.5) is 17.6 Å². The van der Waals surface area contributed by atoms with Gasteiger partial charge in [0.15, 0.2) is 0 Å². The van der Waals surface area contributed by atoms with E-state index in [1.807, 2.05) is 5.32 Å². The molecule has 0 saturated heterocycles. The Balaban J connectivity index is 1.64. The monoisotopic (exact) mass is 473 g/mol. The molecule has 0 bridgehead atoms. The highest BCUT2D eigenvalue weighted by molar-refractivity contribution is 5.82. The van der Waals surface area contributed by atoms with Gasteiger partial charge in [-0.3, -0.25) is 4.79 Å². The standard InChI is InChI=1S/C24H19F4N3O3/c1-14(30-23(33)24(26,27)28)22(15-3-2-4-19(32)11-15)34-20-9-10-21-16(12-20)13-29-31(21)18-7-5-17(25)6-8-18/h2-14,22,32H,1H3,(H,30,33)/t14-,22-/m0/s1. The molecule has 0 aliphatic heterocycles. The number of phenolic OH excluding ortho intramolecular Hbond substituents is 1. The van der Waals surface area contributed by atoms with Gasteiger partial charge in [0.25, 0.3) is 0 Å². The van der Waals surface area contributed by atoms with E-state index in [1.165, 1.54) is 37.3 Å². The minimum absolute atomic E-state index is 0.100. The van der Waals surface area contributed by atoms with Gasteiger partial charge in [-0.15, -0.1) is 0 Å². The molecule has 0 aliphatic rings. The van der Waals surface area contributed by atoms with Crippen molar-refractivity contribution in [1.29, 1.82) is 0 Å². The van der Waals surface area contributed by atoms with Crippen LogP contribution in [-0.2, 0) is 4.79 Å². The van der Waals surface area contributed by atoms with Gasteiger partial charge in [-0.25, -0.2) is 9.07 Å². The number of alkyl halides is 3. The highest BCUT2D eigenvalue weighted by atomic mass is 19.4. The van der Waals surface area contributed by atoms with E-state index in [1.54, 1.807) is 47.3 Å². The van der Waals surface area contributed by atoms with E-state index in [9.17, 15) is 27.5 Å². The van der Waals surface area contributed by atoms with Crippen LogP contribution < -0.4 is 10.1 Å². The summed E-state index contributed by atoms with van der Waals surface area (Å²) in [4.78, 5) is 11.5. The molecule has 0 unspecified atom stereocenters. The van der Waals surface area contributed by atoms with Gasteiger partial charge in [-0.05, 0) is 67.1 Å². The average molecular weight is 473 g/mol. The number of nitrogens with zero attached hydrogens (tertiary/aromatic N) is 2. The smallest absolute Gasteiger partial charge is 0.471 e. The molecule has 34 heavy (non-hydrogen) atoms. The number of carbonyl (C=O) groups excluding carboxylic acids is 1. The fourth-order valence-corrected chi connectivity index (χ4v) is 3.54. The maximum Gasteiger partial charge on any atom is 0.471 e. The number of ether oxygens (including phenoxy) is 1. The number of carbonyl (C=O) groups is 1. The van der Waals surface area contributed by atoms with Crippen LogP contribution in [0.5, 0.6) is 11.5 Å². The van der Waals surface area contributed by atoms with Gasteiger partial charge >= 0.3 is 12.1 Å². The molecule has 4 aromatic rings. The van der Waals surface area contributed by atoms with E-state index in [2.05, 4.69) is 5.10 Å². The third kappa shape index (κ3) is 4.95. The minimum atomic E-state index is -5.05. The normalized spacial score (nSPS) is 13.4. The van der Waals surface area contributed by atoms with Crippen LogP contribution >= 0.6 is 0 Å². The van der Waals surface area contributed by atoms with Crippen molar-refractivity contribution in [1.82, 2.24) is 15.1 Å². The third-order valence-corrected chi connectivity index (χ3v) is 5.14. The first kappa shape index (κ1) is 23.1. The highest BCUT2D eigenvalue weighted by Gasteiger charge is 2.40. The Morgan fingerprint density at radius 2 is 1.82 bits per heavy atom. The summed E-state index contributed by atoms with van der Waals surface area (Å²) in [6.07, 6.45) is -4.52. The van der Waals surface area contributed by atoms with Crippen molar-refractivity contribution in [2.45, 2.75) is 25.2 Å². The molecule has 1 aromatic heterocycles. The number of phenols is 1. The van der Waals surface area contributed by atoms with E-state index in [-0.39, 0.29) is 11.6 Å². The number of aromatic hydroxyl groups is 1. The van der Waals surface area contributed by atoms with Gasteiger partial charge in [-0.1, -0.05) is 12.1 Å². The molecule has 6 nitrogen and oxygen atoms in total. The molecule has 3 aromatic carbocycles. The molecule has 0 saturated carbocycles. The summed E-state index contributed by atoms with van der Waals surface area (Å²) < 4.78 is 59.2. The molecule has 176 valence electrons. The molecule has 1 amide bonds. The molecule has 0 fully saturated rings. The Morgan fingerprint density at radius 1 is 1.09 bits per heavy atom. The molecule has 4 rings (SSSR count). The second-order valence-corrected chi connectivity index (χ2v) is 7.65. The van der Waals surface area contributed by atoms with Crippen molar-refractivity contribution < 1.29 is 32.2 Å². The topological polar surface area (TPSA) is 76.4 Å². The molecule has 2 N–H and O–H groups in total. The third-order valence-electron chi connectivity index (χ3n) is 5.14. The van der Waals surface area contributed by atoms with E-state index < -0.39 is 24.2 Å². The van der Waals surface area contributed by atoms with Gasteiger partial charge in [0.05, 0.1) is 23.4 Å². The molecule has 10 heteroatoms. The largest absolute Gasteiger partial charge is 0.508 e.